The molecule has 8 heteroatoms. The average Bonchev–Trinajstić information content (AvgIpc) is 3.31. The molecule has 0 unspecified atom stereocenters. The minimum absolute atomic E-state index is 0.126. The normalized spacial score (nSPS) is 23.2. The Balaban J connectivity index is 1.28. The second-order valence-corrected chi connectivity index (χ2v) is 7.58. The molecule has 2 atom stereocenters. The van der Waals surface area contributed by atoms with Gasteiger partial charge >= 0.3 is 0 Å². The number of carbonyl (C=O) groups excluding carboxylic acids is 2. The maximum absolute atomic E-state index is 12.5. The molecule has 28 heavy (non-hydrogen) atoms. The number of rotatable bonds is 5. The zero-order valence-electron chi connectivity index (χ0n) is 16.2. The number of nitrogens with one attached hydrogen (secondary N) is 2. The van der Waals surface area contributed by atoms with E-state index in [0.717, 1.165) is 18.2 Å². The molecule has 2 aromatic heterocycles. The molecule has 2 fully saturated rings. The van der Waals surface area contributed by atoms with E-state index in [1.54, 1.807) is 6.20 Å². The third-order valence-electron chi connectivity index (χ3n) is 5.89. The number of hydrogen-bond donors (Lipinski definition) is 2. The molecule has 0 aromatic carbocycles. The molecular formula is C20H27N5O3. The van der Waals surface area contributed by atoms with Gasteiger partial charge in [0.25, 0.3) is 5.91 Å². The van der Waals surface area contributed by atoms with Gasteiger partial charge in [-0.05, 0) is 38.1 Å². The molecule has 8 nitrogen and oxygen atoms in total. The third-order valence-corrected chi connectivity index (χ3v) is 5.89. The van der Waals surface area contributed by atoms with Gasteiger partial charge in [-0.15, -0.1) is 0 Å². The van der Waals surface area contributed by atoms with Crippen molar-refractivity contribution in [3.63, 3.8) is 0 Å². The fourth-order valence-electron chi connectivity index (χ4n) is 4.11. The van der Waals surface area contributed by atoms with E-state index in [9.17, 15) is 9.59 Å². The van der Waals surface area contributed by atoms with E-state index >= 15 is 0 Å². The molecule has 150 valence electrons. The zero-order chi connectivity index (χ0) is 19.5. The van der Waals surface area contributed by atoms with E-state index in [4.69, 9.17) is 4.74 Å². The summed E-state index contributed by atoms with van der Waals surface area (Å²) in [6.45, 7) is 3.21. The first kappa shape index (κ1) is 18.9. The van der Waals surface area contributed by atoms with E-state index in [-0.39, 0.29) is 23.9 Å². The van der Waals surface area contributed by atoms with Gasteiger partial charge in [0, 0.05) is 49.7 Å². The Kier molecular flexibility index (Phi) is 5.59. The lowest BCUT2D eigenvalue weighted by atomic mass is 10.1. The lowest BCUT2D eigenvalue weighted by molar-refractivity contribution is -0.136. The topological polar surface area (TPSA) is 90.6 Å². The fourth-order valence-corrected chi connectivity index (χ4v) is 4.11. The van der Waals surface area contributed by atoms with Crippen LogP contribution in [0.15, 0.2) is 24.4 Å². The number of nitrogens with zero attached hydrogens (tertiary/aromatic N) is 3. The van der Waals surface area contributed by atoms with Gasteiger partial charge in [-0.2, -0.15) is 0 Å². The number of likely N-dealkylation sites (N-methyl/N-ethyl adjacent to an activating group) is 1. The summed E-state index contributed by atoms with van der Waals surface area (Å²) in [4.78, 5) is 36.4. The minimum Gasteiger partial charge on any atom is -0.378 e. The maximum Gasteiger partial charge on any atom is 0.267 e. The molecule has 2 aromatic rings. The molecule has 2 aliphatic heterocycles. The van der Waals surface area contributed by atoms with Crippen LogP contribution >= 0.6 is 0 Å². The first-order chi connectivity index (χ1) is 13.6. The van der Waals surface area contributed by atoms with Gasteiger partial charge in [0.2, 0.25) is 5.91 Å². The molecule has 2 aliphatic rings. The number of fused-ring (bicyclic) bond motifs is 1. The van der Waals surface area contributed by atoms with E-state index in [2.05, 4.69) is 20.2 Å². The van der Waals surface area contributed by atoms with Crippen molar-refractivity contribution in [3.8, 4) is 0 Å². The van der Waals surface area contributed by atoms with Crippen LogP contribution in [0.5, 0.6) is 0 Å². The lowest BCUT2D eigenvalue weighted by Gasteiger charge is -2.30. The smallest absolute Gasteiger partial charge is 0.267 e. The Bertz CT molecular complexity index is 812. The molecule has 0 spiro atoms. The highest BCUT2D eigenvalue weighted by Crippen LogP contribution is 2.25. The molecule has 2 amide bonds. The average molecular weight is 385 g/mol. The molecular weight excluding hydrogens is 358 g/mol. The third kappa shape index (κ3) is 4.02. The number of H-pyrrole nitrogens is 1. The number of hydrogen-bond acceptors (Lipinski definition) is 5. The Labute approximate surface area is 164 Å². The number of likely N-dealkylation sites (tertiary alicyclic amines) is 1. The molecule has 2 saturated heterocycles. The molecule has 0 saturated carbocycles. The van der Waals surface area contributed by atoms with Crippen molar-refractivity contribution in [2.75, 3.05) is 39.9 Å². The monoisotopic (exact) mass is 385 g/mol. The minimum atomic E-state index is -0.126. The van der Waals surface area contributed by atoms with Crippen molar-refractivity contribution in [2.24, 2.45) is 0 Å². The van der Waals surface area contributed by atoms with E-state index in [1.165, 1.54) is 0 Å². The van der Waals surface area contributed by atoms with Gasteiger partial charge in [-0.25, -0.2) is 4.98 Å². The van der Waals surface area contributed by atoms with Gasteiger partial charge < -0.3 is 19.9 Å². The van der Waals surface area contributed by atoms with Crippen LogP contribution in [0.1, 0.15) is 29.8 Å². The van der Waals surface area contributed by atoms with Crippen LogP contribution in [-0.4, -0.2) is 83.6 Å². The Hall–Kier alpha value is -2.45. The largest absolute Gasteiger partial charge is 0.378 e. The summed E-state index contributed by atoms with van der Waals surface area (Å²) >= 11 is 0. The standard InChI is InChI=1S/C20H27N5O3/c1-24-15(12-18(26)25-7-9-28-10-8-25)4-5-16(24)13-22-20(27)17-11-14-3-2-6-21-19(14)23-17/h2-3,6,11,15-16H,4-5,7-10,12-13H2,1H3,(H,21,23)(H,22,27)/t15-,16+/m1/s1. The number of ether oxygens (including phenoxy) is 1. The second kappa shape index (κ2) is 8.28. The Morgan fingerprint density at radius 2 is 2.07 bits per heavy atom. The van der Waals surface area contributed by atoms with Crippen LogP contribution in [0.2, 0.25) is 0 Å². The van der Waals surface area contributed by atoms with E-state index in [0.29, 0.717) is 50.6 Å². The van der Waals surface area contributed by atoms with E-state index < -0.39 is 0 Å². The summed E-state index contributed by atoms with van der Waals surface area (Å²) in [5.41, 5.74) is 1.24. The number of aromatic nitrogens is 2. The van der Waals surface area contributed by atoms with Gasteiger partial charge in [-0.3, -0.25) is 14.5 Å². The van der Waals surface area contributed by atoms with Gasteiger partial charge in [0.1, 0.15) is 11.3 Å². The first-order valence-corrected chi connectivity index (χ1v) is 9.91. The predicted octanol–water partition coefficient (Wildman–Crippen LogP) is 1.00. The summed E-state index contributed by atoms with van der Waals surface area (Å²) in [7, 11) is 2.05. The van der Waals surface area contributed by atoms with Crippen molar-refractivity contribution in [1.29, 1.82) is 0 Å². The maximum atomic E-state index is 12.5. The summed E-state index contributed by atoms with van der Waals surface area (Å²) in [5.74, 6) is 0.0784. The van der Waals surface area contributed by atoms with Crippen molar-refractivity contribution < 1.29 is 14.3 Å². The SMILES string of the molecule is CN1[C@@H](CC(=O)N2CCOCC2)CC[C@H]1CNC(=O)c1cc2cccnc2[nH]1. The molecule has 4 rings (SSSR count). The van der Waals surface area contributed by atoms with Crippen LogP contribution < -0.4 is 5.32 Å². The highest BCUT2D eigenvalue weighted by molar-refractivity contribution is 5.97. The second-order valence-electron chi connectivity index (χ2n) is 7.58. The number of carbonyl (C=O) groups is 2. The molecule has 2 N–H and O–H groups in total. The van der Waals surface area contributed by atoms with Crippen molar-refractivity contribution in [1.82, 2.24) is 25.1 Å². The Morgan fingerprint density at radius 1 is 1.29 bits per heavy atom. The number of aromatic amines is 1. The first-order valence-electron chi connectivity index (χ1n) is 9.91. The van der Waals surface area contributed by atoms with Crippen molar-refractivity contribution in [2.45, 2.75) is 31.3 Å². The zero-order valence-corrected chi connectivity index (χ0v) is 16.2. The lowest BCUT2D eigenvalue weighted by Crippen LogP contribution is -2.45. The summed E-state index contributed by atoms with van der Waals surface area (Å²) in [5, 5.41) is 3.94. The predicted molar refractivity (Wildman–Crippen MR) is 105 cm³/mol. The summed E-state index contributed by atoms with van der Waals surface area (Å²) in [6.07, 6.45) is 4.19. The van der Waals surface area contributed by atoms with Crippen LogP contribution in [-0.2, 0) is 9.53 Å². The highest BCUT2D eigenvalue weighted by atomic mass is 16.5. The van der Waals surface area contributed by atoms with Gasteiger partial charge in [-0.1, -0.05) is 0 Å². The van der Waals surface area contributed by atoms with Crippen molar-refractivity contribution in [3.05, 3.63) is 30.1 Å². The van der Waals surface area contributed by atoms with Gasteiger partial charge in [0.05, 0.1) is 13.2 Å². The number of amides is 2. The number of pyridine rings is 1. The summed E-state index contributed by atoms with van der Waals surface area (Å²) in [6, 6.07) is 6.07. The van der Waals surface area contributed by atoms with Crippen LogP contribution in [0.4, 0.5) is 0 Å². The van der Waals surface area contributed by atoms with Gasteiger partial charge in [0.15, 0.2) is 0 Å². The highest BCUT2D eigenvalue weighted by Gasteiger charge is 2.33. The Morgan fingerprint density at radius 3 is 2.86 bits per heavy atom. The molecule has 0 bridgehead atoms. The quantitative estimate of drug-likeness (QED) is 0.802. The van der Waals surface area contributed by atoms with Crippen molar-refractivity contribution >= 4 is 22.8 Å². The summed E-state index contributed by atoms with van der Waals surface area (Å²) < 4.78 is 5.32. The molecule has 4 heterocycles. The molecule has 0 radical (unpaired) electrons. The van der Waals surface area contributed by atoms with Crippen LogP contribution in [0.3, 0.4) is 0 Å². The van der Waals surface area contributed by atoms with E-state index in [1.807, 2.05) is 30.1 Å². The molecule has 0 aliphatic carbocycles. The van der Waals surface area contributed by atoms with Crippen LogP contribution in [0.25, 0.3) is 11.0 Å². The van der Waals surface area contributed by atoms with Crippen LogP contribution in [0, 0.1) is 0 Å². The number of morpholine rings is 1. The fraction of sp³-hybridized carbons (Fsp3) is 0.550.